The Morgan fingerprint density at radius 1 is 1.27 bits per heavy atom. The minimum atomic E-state index is -0.887. The molecule has 0 aliphatic heterocycles. The fourth-order valence-corrected chi connectivity index (χ4v) is 3.36. The summed E-state index contributed by atoms with van der Waals surface area (Å²) in [4.78, 5) is 26.5. The maximum absolute atomic E-state index is 12.1. The van der Waals surface area contributed by atoms with Gasteiger partial charge in [-0.05, 0) is 23.5 Å². The molecule has 0 radical (unpaired) electrons. The van der Waals surface area contributed by atoms with Gasteiger partial charge in [0.25, 0.3) is 0 Å². The second-order valence-corrected chi connectivity index (χ2v) is 6.52. The van der Waals surface area contributed by atoms with Crippen molar-refractivity contribution in [2.24, 2.45) is 17.3 Å². The molecule has 5 heteroatoms. The smallest absolute Gasteiger partial charge is 0.307 e. The summed E-state index contributed by atoms with van der Waals surface area (Å²) in [5.41, 5.74) is 1.79. The maximum Gasteiger partial charge on any atom is 0.307 e. The van der Waals surface area contributed by atoms with Crippen LogP contribution < -0.4 is 5.32 Å². The van der Waals surface area contributed by atoms with Crippen LogP contribution in [0.15, 0.2) is 30.5 Å². The predicted octanol–water partition coefficient (Wildman–Crippen LogP) is 2.18. The van der Waals surface area contributed by atoms with E-state index in [1.54, 1.807) is 0 Å². The molecule has 2 aromatic rings. The molecule has 1 aliphatic rings. The number of benzene rings is 1. The van der Waals surface area contributed by atoms with E-state index >= 15 is 0 Å². The SMILES string of the molecule is CC1(C)[C@@H](C(=O)O)[C@@H]1C(=O)NCCc1c[nH]c2ccccc12. The molecule has 1 heterocycles. The average molecular weight is 300 g/mol. The molecule has 1 fully saturated rings. The van der Waals surface area contributed by atoms with Crippen LogP contribution in [0, 0.1) is 17.3 Å². The fraction of sp³-hybridized carbons (Fsp3) is 0.412. The highest BCUT2D eigenvalue weighted by atomic mass is 16.4. The molecule has 1 aromatic carbocycles. The van der Waals surface area contributed by atoms with Crippen LogP contribution in [-0.4, -0.2) is 28.5 Å². The summed E-state index contributed by atoms with van der Waals surface area (Å²) in [7, 11) is 0. The lowest BCUT2D eigenvalue weighted by atomic mass is 10.1. The van der Waals surface area contributed by atoms with Crippen LogP contribution in [0.25, 0.3) is 10.9 Å². The average Bonchev–Trinajstić information content (AvgIpc) is 2.86. The van der Waals surface area contributed by atoms with Gasteiger partial charge in [0.1, 0.15) is 0 Å². The number of fused-ring (bicyclic) bond motifs is 1. The van der Waals surface area contributed by atoms with Gasteiger partial charge in [-0.1, -0.05) is 32.0 Å². The monoisotopic (exact) mass is 300 g/mol. The minimum Gasteiger partial charge on any atom is -0.481 e. The van der Waals surface area contributed by atoms with E-state index in [9.17, 15) is 9.59 Å². The molecule has 0 spiro atoms. The van der Waals surface area contributed by atoms with E-state index < -0.39 is 23.2 Å². The van der Waals surface area contributed by atoms with E-state index in [0.29, 0.717) is 6.54 Å². The largest absolute Gasteiger partial charge is 0.481 e. The third-order valence-electron chi connectivity index (χ3n) is 4.74. The highest BCUT2D eigenvalue weighted by molar-refractivity contribution is 5.91. The van der Waals surface area contributed by atoms with Crippen LogP contribution in [0.5, 0.6) is 0 Å². The molecule has 0 bridgehead atoms. The molecular weight excluding hydrogens is 280 g/mol. The molecule has 1 amide bonds. The Balaban J connectivity index is 1.58. The number of aromatic nitrogens is 1. The van der Waals surface area contributed by atoms with Gasteiger partial charge in [-0.3, -0.25) is 9.59 Å². The maximum atomic E-state index is 12.1. The van der Waals surface area contributed by atoms with Crippen molar-refractivity contribution in [2.75, 3.05) is 6.54 Å². The lowest BCUT2D eigenvalue weighted by Gasteiger charge is -2.05. The van der Waals surface area contributed by atoms with Gasteiger partial charge in [0, 0.05) is 23.6 Å². The first-order valence-corrected chi connectivity index (χ1v) is 7.48. The Labute approximate surface area is 128 Å². The molecule has 1 aliphatic carbocycles. The predicted molar refractivity (Wildman–Crippen MR) is 83.4 cm³/mol. The standard InChI is InChI=1S/C17H20N2O3/c1-17(2)13(14(17)16(21)22)15(20)18-8-7-10-9-19-12-6-4-3-5-11(10)12/h3-6,9,13-14,19H,7-8H2,1-2H3,(H,18,20)(H,21,22)/t13-,14-/m1/s1. The number of carboxylic acids is 1. The third-order valence-corrected chi connectivity index (χ3v) is 4.74. The molecule has 1 aromatic heterocycles. The normalized spacial score (nSPS) is 22.5. The zero-order valence-corrected chi connectivity index (χ0v) is 12.7. The number of rotatable bonds is 5. The lowest BCUT2D eigenvalue weighted by molar-refractivity contribution is -0.140. The third kappa shape index (κ3) is 2.36. The number of carbonyl (C=O) groups is 2. The molecule has 22 heavy (non-hydrogen) atoms. The Bertz CT molecular complexity index is 732. The number of H-pyrrole nitrogens is 1. The van der Waals surface area contributed by atoms with E-state index in [1.165, 1.54) is 0 Å². The summed E-state index contributed by atoms with van der Waals surface area (Å²) >= 11 is 0. The molecule has 1 saturated carbocycles. The van der Waals surface area contributed by atoms with Crippen LogP contribution in [0.1, 0.15) is 19.4 Å². The number of carbonyl (C=O) groups excluding carboxylic acids is 1. The number of aromatic amines is 1. The highest BCUT2D eigenvalue weighted by Gasteiger charge is 2.65. The number of nitrogens with one attached hydrogen (secondary N) is 2. The molecular formula is C17H20N2O3. The number of carboxylic acid groups (broad SMARTS) is 1. The van der Waals surface area contributed by atoms with Crippen LogP contribution in [0.2, 0.25) is 0 Å². The van der Waals surface area contributed by atoms with E-state index in [2.05, 4.69) is 10.3 Å². The first-order valence-electron chi connectivity index (χ1n) is 7.48. The Kier molecular flexibility index (Phi) is 3.43. The number of hydrogen-bond acceptors (Lipinski definition) is 2. The lowest BCUT2D eigenvalue weighted by Crippen LogP contribution is -2.29. The molecule has 0 saturated heterocycles. The summed E-state index contributed by atoms with van der Waals surface area (Å²) in [5, 5.41) is 13.1. The van der Waals surface area contributed by atoms with Gasteiger partial charge in [0.05, 0.1) is 11.8 Å². The van der Waals surface area contributed by atoms with Crippen LogP contribution in [-0.2, 0) is 16.0 Å². The second kappa shape index (κ2) is 5.16. The summed E-state index contributed by atoms with van der Waals surface area (Å²) in [6.07, 6.45) is 2.68. The van der Waals surface area contributed by atoms with Crippen molar-refractivity contribution in [3.8, 4) is 0 Å². The molecule has 5 nitrogen and oxygen atoms in total. The summed E-state index contributed by atoms with van der Waals surface area (Å²) in [5.74, 6) is -2.03. The van der Waals surface area contributed by atoms with E-state index in [-0.39, 0.29) is 5.91 Å². The van der Waals surface area contributed by atoms with Gasteiger partial charge in [-0.25, -0.2) is 0 Å². The number of para-hydroxylation sites is 1. The molecule has 3 N–H and O–H groups in total. The van der Waals surface area contributed by atoms with Crippen molar-refractivity contribution in [2.45, 2.75) is 20.3 Å². The molecule has 116 valence electrons. The second-order valence-electron chi connectivity index (χ2n) is 6.52. The van der Waals surface area contributed by atoms with E-state index in [4.69, 9.17) is 5.11 Å². The van der Waals surface area contributed by atoms with Crippen LogP contribution in [0.3, 0.4) is 0 Å². The van der Waals surface area contributed by atoms with Crippen LogP contribution in [0.4, 0.5) is 0 Å². The summed E-state index contributed by atoms with van der Waals surface area (Å²) in [6, 6.07) is 8.03. The number of aliphatic carboxylic acids is 1. The quantitative estimate of drug-likeness (QED) is 0.791. The van der Waals surface area contributed by atoms with E-state index in [0.717, 1.165) is 22.9 Å². The number of amides is 1. The van der Waals surface area contributed by atoms with Crippen molar-refractivity contribution >= 4 is 22.8 Å². The van der Waals surface area contributed by atoms with Gasteiger partial charge in [-0.15, -0.1) is 0 Å². The van der Waals surface area contributed by atoms with Crippen molar-refractivity contribution in [1.82, 2.24) is 10.3 Å². The Morgan fingerprint density at radius 3 is 2.68 bits per heavy atom. The van der Waals surface area contributed by atoms with Crippen molar-refractivity contribution in [1.29, 1.82) is 0 Å². The first kappa shape index (κ1) is 14.6. The van der Waals surface area contributed by atoms with Crippen molar-refractivity contribution in [3.05, 3.63) is 36.0 Å². The molecule has 2 atom stereocenters. The van der Waals surface area contributed by atoms with Crippen molar-refractivity contribution in [3.63, 3.8) is 0 Å². The van der Waals surface area contributed by atoms with Crippen LogP contribution >= 0.6 is 0 Å². The first-order chi connectivity index (χ1) is 10.4. The zero-order valence-electron chi connectivity index (χ0n) is 12.7. The Morgan fingerprint density at radius 2 is 2.00 bits per heavy atom. The van der Waals surface area contributed by atoms with Crippen molar-refractivity contribution < 1.29 is 14.7 Å². The molecule has 3 rings (SSSR count). The van der Waals surface area contributed by atoms with Gasteiger partial charge in [0.2, 0.25) is 5.91 Å². The topological polar surface area (TPSA) is 82.2 Å². The fourth-order valence-electron chi connectivity index (χ4n) is 3.36. The molecule has 0 unspecified atom stereocenters. The summed E-state index contributed by atoms with van der Waals surface area (Å²) < 4.78 is 0. The number of hydrogen-bond donors (Lipinski definition) is 3. The minimum absolute atomic E-state index is 0.155. The van der Waals surface area contributed by atoms with Gasteiger partial charge < -0.3 is 15.4 Å². The zero-order chi connectivity index (χ0) is 15.9. The van der Waals surface area contributed by atoms with Gasteiger partial charge >= 0.3 is 5.97 Å². The Hall–Kier alpha value is -2.30. The van der Waals surface area contributed by atoms with Gasteiger partial charge in [-0.2, -0.15) is 0 Å². The highest BCUT2D eigenvalue weighted by Crippen LogP contribution is 2.58. The van der Waals surface area contributed by atoms with Gasteiger partial charge in [0.15, 0.2) is 0 Å². The summed E-state index contributed by atoms with van der Waals surface area (Å²) in [6.45, 7) is 4.17. The van der Waals surface area contributed by atoms with E-state index in [1.807, 2.05) is 44.3 Å².